The van der Waals surface area contributed by atoms with Crippen LogP contribution in [0.5, 0.6) is 0 Å². The molecular formula is C11H20O2. The molecule has 0 saturated carbocycles. The summed E-state index contributed by atoms with van der Waals surface area (Å²) in [6.45, 7) is 4.57. The Bertz CT molecular complexity index is 165. The highest BCUT2D eigenvalue weighted by molar-refractivity contribution is 4.97. The van der Waals surface area contributed by atoms with E-state index < -0.39 is 0 Å². The van der Waals surface area contributed by atoms with Crippen LogP contribution in [0.15, 0.2) is 12.2 Å². The van der Waals surface area contributed by atoms with Crippen LogP contribution >= 0.6 is 0 Å². The fourth-order valence-corrected chi connectivity index (χ4v) is 1.77. The van der Waals surface area contributed by atoms with Crippen LogP contribution < -0.4 is 0 Å². The Labute approximate surface area is 80.6 Å². The monoisotopic (exact) mass is 184 g/mol. The fourth-order valence-electron chi connectivity index (χ4n) is 1.77. The molecule has 1 aliphatic rings. The minimum atomic E-state index is -0.312. The third-order valence-electron chi connectivity index (χ3n) is 2.63. The third-order valence-corrected chi connectivity index (χ3v) is 2.63. The summed E-state index contributed by atoms with van der Waals surface area (Å²) in [5.74, 6) is 0.568. The van der Waals surface area contributed by atoms with Crippen LogP contribution in [0.25, 0.3) is 0 Å². The highest BCUT2D eigenvalue weighted by atomic mass is 16.5. The summed E-state index contributed by atoms with van der Waals surface area (Å²) in [5, 5.41) is 9.75. The number of rotatable bonds is 5. The highest BCUT2D eigenvalue weighted by Gasteiger charge is 2.19. The van der Waals surface area contributed by atoms with E-state index in [1.165, 1.54) is 12.8 Å². The van der Waals surface area contributed by atoms with Gasteiger partial charge in [-0.3, -0.25) is 0 Å². The quantitative estimate of drug-likeness (QED) is 0.663. The summed E-state index contributed by atoms with van der Waals surface area (Å²) < 4.78 is 5.34. The van der Waals surface area contributed by atoms with Gasteiger partial charge < -0.3 is 9.84 Å². The average molecular weight is 184 g/mol. The third kappa shape index (κ3) is 3.49. The maximum atomic E-state index is 9.75. The number of hydrogen-bond acceptors (Lipinski definition) is 2. The second-order valence-corrected chi connectivity index (χ2v) is 3.73. The fraction of sp³-hybridized carbons (Fsp3) is 0.818. The van der Waals surface area contributed by atoms with E-state index in [0.717, 1.165) is 6.42 Å². The number of hydrogen-bond donors (Lipinski definition) is 1. The topological polar surface area (TPSA) is 29.5 Å². The Morgan fingerprint density at radius 1 is 1.62 bits per heavy atom. The van der Waals surface area contributed by atoms with Crippen LogP contribution in [-0.2, 0) is 4.74 Å². The van der Waals surface area contributed by atoms with E-state index >= 15 is 0 Å². The summed E-state index contributed by atoms with van der Waals surface area (Å²) in [5.41, 5.74) is 0. The van der Waals surface area contributed by atoms with Crippen LogP contribution in [0.4, 0.5) is 0 Å². The first-order valence-electron chi connectivity index (χ1n) is 5.20. The number of aliphatic hydroxyl groups excluding tert-OH is 1. The van der Waals surface area contributed by atoms with E-state index in [1.54, 1.807) is 0 Å². The van der Waals surface area contributed by atoms with Crippen molar-refractivity contribution < 1.29 is 9.84 Å². The van der Waals surface area contributed by atoms with Crippen LogP contribution in [-0.4, -0.2) is 23.9 Å². The van der Waals surface area contributed by atoms with Crippen LogP contribution in [0.3, 0.4) is 0 Å². The highest BCUT2D eigenvalue weighted by Crippen LogP contribution is 2.23. The smallest absolute Gasteiger partial charge is 0.0805 e. The lowest BCUT2D eigenvalue weighted by Crippen LogP contribution is -2.27. The Morgan fingerprint density at radius 2 is 2.38 bits per heavy atom. The Kier molecular flexibility index (Phi) is 4.46. The zero-order valence-corrected chi connectivity index (χ0v) is 8.57. The van der Waals surface area contributed by atoms with Crippen molar-refractivity contribution in [1.82, 2.24) is 0 Å². The van der Waals surface area contributed by atoms with Crippen molar-refractivity contribution in [2.24, 2.45) is 5.92 Å². The van der Waals surface area contributed by atoms with Gasteiger partial charge in [-0.15, -0.1) is 0 Å². The van der Waals surface area contributed by atoms with Crippen molar-refractivity contribution in [3.63, 3.8) is 0 Å². The summed E-state index contributed by atoms with van der Waals surface area (Å²) in [6, 6.07) is 0. The molecular weight excluding hydrogens is 164 g/mol. The van der Waals surface area contributed by atoms with Crippen molar-refractivity contribution in [2.45, 2.75) is 45.3 Å². The lowest BCUT2D eigenvalue weighted by Gasteiger charge is -2.20. The molecule has 0 amide bonds. The molecule has 1 N–H and O–H groups in total. The van der Waals surface area contributed by atoms with Crippen LogP contribution in [0.2, 0.25) is 0 Å². The molecule has 0 aromatic rings. The van der Waals surface area contributed by atoms with Crippen molar-refractivity contribution in [1.29, 1.82) is 0 Å². The van der Waals surface area contributed by atoms with Crippen LogP contribution in [0.1, 0.15) is 33.1 Å². The lowest BCUT2D eigenvalue weighted by molar-refractivity contribution is -0.0290. The van der Waals surface area contributed by atoms with Gasteiger partial charge >= 0.3 is 0 Å². The molecule has 0 spiro atoms. The van der Waals surface area contributed by atoms with Gasteiger partial charge in [0.25, 0.3) is 0 Å². The second kappa shape index (κ2) is 5.40. The number of aliphatic hydroxyl groups is 1. The second-order valence-electron chi connectivity index (χ2n) is 3.73. The van der Waals surface area contributed by atoms with Gasteiger partial charge in [-0.25, -0.2) is 0 Å². The van der Waals surface area contributed by atoms with Gasteiger partial charge in [0.05, 0.1) is 12.2 Å². The molecule has 0 fully saturated rings. The molecule has 2 heteroatoms. The maximum absolute atomic E-state index is 9.75. The van der Waals surface area contributed by atoms with Gasteiger partial charge in [-0.1, -0.05) is 12.2 Å². The number of ether oxygens (including phenoxy) is 1. The number of allylic oxidation sites excluding steroid dienone is 2. The van der Waals surface area contributed by atoms with E-state index in [9.17, 15) is 5.11 Å². The predicted octanol–water partition coefficient (Wildman–Crippen LogP) is 2.13. The first-order valence-corrected chi connectivity index (χ1v) is 5.20. The van der Waals surface area contributed by atoms with Crippen molar-refractivity contribution >= 4 is 0 Å². The van der Waals surface area contributed by atoms with Gasteiger partial charge in [-0.2, -0.15) is 0 Å². The molecule has 0 bridgehead atoms. The van der Waals surface area contributed by atoms with E-state index in [4.69, 9.17) is 4.74 Å². The van der Waals surface area contributed by atoms with E-state index in [0.29, 0.717) is 12.5 Å². The Balaban J connectivity index is 2.22. The minimum absolute atomic E-state index is 0.0287. The molecule has 0 aromatic heterocycles. The predicted molar refractivity (Wildman–Crippen MR) is 53.6 cm³/mol. The summed E-state index contributed by atoms with van der Waals surface area (Å²) in [6.07, 6.45) is 7.27. The Morgan fingerprint density at radius 3 is 2.92 bits per heavy atom. The van der Waals surface area contributed by atoms with E-state index in [-0.39, 0.29) is 12.2 Å². The van der Waals surface area contributed by atoms with Gasteiger partial charge in [0.2, 0.25) is 0 Å². The van der Waals surface area contributed by atoms with Gasteiger partial charge in [0.15, 0.2) is 0 Å². The van der Waals surface area contributed by atoms with Crippen LogP contribution in [0, 0.1) is 5.92 Å². The molecule has 1 aliphatic carbocycles. The SMILES string of the molecule is CCOC(C)C(O)CC1C=CCC1. The molecule has 3 atom stereocenters. The molecule has 13 heavy (non-hydrogen) atoms. The first kappa shape index (κ1) is 10.7. The minimum Gasteiger partial charge on any atom is -0.390 e. The molecule has 3 unspecified atom stereocenters. The molecule has 0 heterocycles. The standard InChI is InChI=1S/C11H20O2/c1-3-13-9(2)11(12)8-10-6-4-5-7-10/h4,6,9-12H,3,5,7-8H2,1-2H3. The molecule has 2 nitrogen and oxygen atoms in total. The van der Waals surface area contributed by atoms with E-state index in [2.05, 4.69) is 12.2 Å². The first-order chi connectivity index (χ1) is 6.24. The molecule has 0 saturated heterocycles. The maximum Gasteiger partial charge on any atom is 0.0805 e. The van der Waals surface area contributed by atoms with Gasteiger partial charge in [-0.05, 0) is 39.0 Å². The van der Waals surface area contributed by atoms with Gasteiger partial charge in [0.1, 0.15) is 0 Å². The normalized spacial score (nSPS) is 26.2. The van der Waals surface area contributed by atoms with E-state index in [1.807, 2.05) is 13.8 Å². The molecule has 0 aromatic carbocycles. The lowest BCUT2D eigenvalue weighted by atomic mass is 9.98. The average Bonchev–Trinajstić information content (AvgIpc) is 2.57. The zero-order chi connectivity index (χ0) is 9.68. The molecule has 0 radical (unpaired) electrons. The molecule has 0 aliphatic heterocycles. The zero-order valence-electron chi connectivity index (χ0n) is 8.57. The largest absolute Gasteiger partial charge is 0.390 e. The van der Waals surface area contributed by atoms with Crippen molar-refractivity contribution in [3.8, 4) is 0 Å². The summed E-state index contributed by atoms with van der Waals surface area (Å²) in [4.78, 5) is 0. The Hall–Kier alpha value is -0.340. The van der Waals surface area contributed by atoms with Crippen molar-refractivity contribution in [2.75, 3.05) is 6.61 Å². The van der Waals surface area contributed by atoms with Gasteiger partial charge in [0, 0.05) is 6.61 Å². The molecule has 1 rings (SSSR count). The molecule has 76 valence electrons. The summed E-state index contributed by atoms with van der Waals surface area (Å²) >= 11 is 0. The van der Waals surface area contributed by atoms with Crippen molar-refractivity contribution in [3.05, 3.63) is 12.2 Å². The summed E-state index contributed by atoms with van der Waals surface area (Å²) in [7, 11) is 0.